The average Bonchev–Trinajstić information content (AvgIpc) is 2.78. The molecule has 3 rings (SSSR count). The Kier molecular flexibility index (Phi) is 8.91. The van der Waals surface area contributed by atoms with E-state index < -0.39 is 12.1 Å². The van der Waals surface area contributed by atoms with Gasteiger partial charge >= 0.3 is 12.1 Å². The van der Waals surface area contributed by atoms with E-state index in [-0.39, 0.29) is 6.10 Å². The van der Waals surface area contributed by atoms with Gasteiger partial charge in [0.25, 0.3) is 0 Å². The maximum absolute atomic E-state index is 11.5. The summed E-state index contributed by atoms with van der Waals surface area (Å²) in [6.45, 7) is 3.58. The summed E-state index contributed by atoms with van der Waals surface area (Å²) >= 11 is 0. The molecule has 1 amide bonds. The van der Waals surface area contributed by atoms with E-state index in [9.17, 15) is 9.59 Å². The van der Waals surface area contributed by atoms with Gasteiger partial charge in [0.1, 0.15) is 5.75 Å². The first-order chi connectivity index (χ1) is 14.9. The molecule has 3 aromatic carbocycles. The van der Waals surface area contributed by atoms with E-state index in [1.54, 1.807) is 51.3 Å². The fraction of sp³-hybridized carbons (Fsp3) is 0.167. The molecule has 0 unspecified atom stereocenters. The standard InChI is InChI=1S/C17H20N2O3.C7H6O2/c1-12(2)22-17(20)19-18-15-11-14(9-10-16(15)21-3)13-7-5-4-6-8-13;8-7(9)6-4-2-1-3-5-6/h4-12,18H,1-3H3,(H,19,20);1-5H,(H,8,9). The molecule has 31 heavy (non-hydrogen) atoms. The van der Waals surface area contributed by atoms with Crippen LogP contribution in [-0.2, 0) is 4.74 Å². The van der Waals surface area contributed by atoms with E-state index >= 15 is 0 Å². The quantitative estimate of drug-likeness (QED) is 0.472. The third-order valence-electron chi connectivity index (χ3n) is 3.97. The lowest BCUT2D eigenvalue weighted by Crippen LogP contribution is -2.31. The molecule has 0 atom stereocenters. The summed E-state index contributed by atoms with van der Waals surface area (Å²) in [6.07, 6.45) is -0.721. The Morgan fingerprint density at radius 3 is 2.00 bits per heavy atom. The number of ether oxygens (including phenoxy) is 2. The number of benzene rings is 3. The van der Waals surface area contributed by atoms with Crippen molar-refractivity contribution in [3.8, 4) is 16.9 Å². The number of rotatable bonds is 6. The van der Waals surface area contributed by atoms with Gasteiger partial charge in [-0.15, -0.1) is 0 Å². The summed E-state index contributed by atoms with van der Waals surface area (Å²) in [4.78, 5) is 21.7. The highest BCUT2D eigenvalue weighted by Crippen LogP contribution is 2.30. The third kappa shape index (κ3) is 7.74. The number of hydrogen-bond acceptors (Lipinski definition) is 5. The van der Waals surface area contributed by atoms with Crippen molar-refractivity contribution in [2.75, 3.05) is 12.5 Å². The molecule has 0 fully saturated rings. The maximum atomic E-state index is 11.5. The summed E-state index contributed by atoms with van der Waals surface area (Å²) in [5.74, 6) is -0.250. The Labute approximate surface area is 181 Å². The summed E-state index contributed by atoms with van der Waals surface area (Å²) in [5.41, 5.74) is 8.41. The van der Waals surface area contributed by atoms with Gasteiger partial charge in [-0.1, -0.05) is 54.6 Å². The molecule has 3 N–H and O–H groups in total. The number of nitrogens with one attached hydrogen (secondary N) is 2. The minimum absolute atomic E-state index is 0.181. The Hall–Kier alpha value is -4.00. The molecule has 0 saturated heterocycles. The topological polar surface area (TPSA) is 96.9 Å². The van der Waals surface area contributed by atoms with Crippen LogP contribution >= 0.6 is 0 Å². The third-order valence-corrected chi connectivity index (χ3v) is 3.97. The zero-order valence-electron chi connectivity index (χ0n) is 17.7. The molecule has 162 valence electrons. The highest BCUT2D eigenvalue weighted by molar-refractivity contribution is 5.87. The van der Waals surface area contributed by atoms with Crippen molar-refractivity contribution >= 4 is 17.7 Å². The normalized spacial score (nSPS) is 9.81. The maximum Gasteiger partial charge on any atom is 0.426 e. The molecule has 7 nitrogen and oxygen atoms in total. The van der Waals surface area contributed by atoms with Crippen LogP contribution in [0.3, 0.4) is 0 Å². The molecule has 7 heteroatoms. The van der Waals surface area contributed by atoms with Crippen LogP contribution < -0.4 is 15.6 Å². The molecule has 0 saturated carbocycles. The van der Waals surface area contributed by atoms with Crippen LogP contribution in [0.25, 0.3) is 11.1 Å². The lowest BCUT2D eigenvalue weighted by atomic mass is 10.1. The highest BCUT2D eigenvalue weighted by Gasteiger charge is 2.09. The van der Waals surface area contributed by atoms with Crippen molar-refractivity contribution in [2.24, 2.45) is 0 Å². The number of aromatic carboxylic acids is 1. The number of hydrogen-bond donors (Lipinski definition) is 3. The Morgan fingerprint density at radius 1 is 0.871 bits per heavy atom. The first-order valence-corrected chi connectivity index (χ1v) is 9.65. The molecule has 0 aromatic heterocycles. The lowest BCUT2D eigenvalue weighted by molar-refractivity contribution is 0.0696. The van der Waals surface area contributed by atoms with Crippen molar-refractivity contribution in [1.82, 2.24) is 5.43 Å². The van der Waals surface area contributed by atoms with Gasteiger partial charge < -0.3 is 14.6 Å². The first kappa shape index (κ1) is 23.3. The molecule has 0 spiro atoms. The van der Waals surface area contributed by atoms with Gasteiger partial charge in [-0.3, -0.25) is 5.43 Å². The summed E-state index contributed by atoms with van der Waals surface area (Å²) in [6, 6.07) is 24.0. The lowest BCUT2D eigenvalue weighted by Gasteiger charge is -2.15. The molecule has 0 bridgehead atoms. The van der Waals surface area contributed by atoms with E-state index in [4.69, 9.17) is 14.6 Å². The Bertz CT molecular complexity index is 976. The van der Waals surface area contributed by atoms with Gasteiger partial charge in [-0.05, 0) is 49.2 Å². The van der Waals surface area contributed by atoms with Gasteiger partial charge in [-0.25, -0.2) is 15.0 Å². The van der Waals surface area contributed by atoms with Gasteiger partial charge in [0.15, 0.2) is 0 Å². The van der Waals surface area contributed by atoms with Crippen molar-refractivity contribution < 1.29 is 24.2 Å². The minimum atomic E-state index is -0.879. The zero-order chi connectivity index (χ0) is 22.6. The fourth-order valence-electron chi connectivity index (χ4n) is 2.56. The second kappa shape index (κ2) is 11.9. The van der Waals surface area contributed by atoms with Crippen LogP contribution in [0.4, 0.5) is 10.5 Å². The van der Waals surface area contributed by atoms with Crippen LogP contribution in [0.5, 0.6) is 5.75 Å². The first-order valence-electron chi connectivity index (χ1n) is 9.65. The van der Waals surface area contributed by atoms with Crippen LogP contribution in [0, 0.1) is 0 Å². The number of carbonyl (C=O) groups excluding carboxylic acids is 1. The van der Waals surface area contributed by atoms with Crippen LogP contribution in [0.1, 0.15) is 24.2 Å². The molecular formula is C24H26N2O5. The number of carboxylic acid groups (broad SMARTS) is 1. The monoisotopic (exact) mass is 422 g/mol. The predicted molar refractivity (Wildman–Crippen MR) is 120 cm³/mol. The van der Waals surface area contributed by atoms with Gasteiger partial charge in [0.05, 0.1) is 24.5 Å². The van der Waals surface area contributed by atoms with Gasteiger partial charge in [0.2, 0.25) is 0 Å². The van der Waals surface area contributed by atoms with E-state index in [0.29, 0.717) is 17.0 Å². The van der Waals surface area contributed by atoms with Crippen molar-refractivity contribution in [1.29, 1.82) is 0 Å². The summed E-state index contributed by atoms with van der Waals surface area (Å²) in [7, 11) is 1.58. The van der Waals surface area contributed by atoms with Crippen molar-refractivity contribution in [3.63, 3.8) is 0 Å². The van der Waals surface area contributed by atoms with E-state index in [1.165, 1.54) is 0 Å². The summed E-state index contributed by atoms with van der Waals surface area (Å²) < 4.78 is 10.3. The smallest absolute Gasteiger partial charge is 0.426 e. The predicted octanol–water partition coefficient (Wildman–Crippen LogP) is 5.21. The molecule has 0 aliphatic rings. The summed E-state index contributed by atoms with van der Waals surface area (Å²) in [5, 5.41) is 8.38. The Balaban J connectivity index is 0.000000316. The highest BCUT2D eigenvalue weighted by atomic mass is 16.6. The van der Waals surface area contributed by atoms with E-state index in [1.807, 2.05) is 48.5 Å². The van der Waals surface area contributed by atoms with Crippen LogP contribution in [0.15, 0.2) is 78.9 Å². The van der Waals surface area contributed by atoms with Crippen molar-refractivity contribution in [3.05, 3.63) is 84.4 Å². The molecule has 0 aliphatic carbocycles. The molecule has 0 aliphatic heterocycles. The van der Waals surface area contributed by atoms with Crippen molar-refractivity contribution in [2.45, 2.75) is 20.0 Å². The number of amides is 1. The number of carboxylic acids is 1. The fourth-order valence-corrected chi connectivity index (χ4v) is 2.56. The number of hydrazine groups is 1. The van der Waals surface area contributed by atoms with E-state index in [0.717, 1.165) is 11.1 Å². The zero-order valence-corrected chi connectivity index (χ0v) is 17.7. The van der Waals surface area contributed by atoms with E-state index in [2.05, 4.69) is 10.9 Å². The molecule has 3 aromatic rings. The van der Waals surface area contributed by atoms with Gasteiger partial charge in [-0.2, -0.15) is 0 Å². The SMILES string of the molecule is COc1ccc(-c2ccccc2)cc1NNC(=O)OC(C)C.O=C(O)c1ccccc1. The van der Waals surface area contributed by atoms with Gasteiger partial charge in [0, 0.05) is 0 Å². The average molecular weight is 422 g/mol. The molecular weight excluding hydrogens is 396 g/mol. The largest absolute Gasteiger partial charge is 0.495 e. The van der Waals surface area contributed by atoms with Crippen LogP contribution in [0.2, 0.25) is 0 Å². The molecule has 0 radical (unpaired) electrons. The Morgan fingerprint density at radius 2 is 1.48 bits per heavy atom. The minimum Gasteiger partial charge on any atom is -0.495 e. The van der Waals surface area contributed by atoms with Crippen LogP contribution in [-0.4, -0.2) is 30.4 Å². The number of carbonyl (C=O) groups is 2. The molecule has 0 heterocycles. The number of methoxy groups -OCH3 is 1. The second-order valence-electron chi connectivity index (χ2n) is 6.66. The second-order valence-corrected chi connectivity index (χ2v) is 6.66. The number of anilines is 1.